The summed E-state index contributed by atoms with van der Waals surface area (Å²) in [6.07, 6.45) is 0. The Morgan fingerprint density at radius 3 is 3.00 bits per heavy atom. The van der Waals surface area contributed by atoms with Gasteiger partial charge in [0.05, 0.1) is 6.04 Å². The number of carbonyl (C=O) groups is 2. The zero-order valence-electron chi connectivity index (χ0n) is 10.3. The van der Waals surface area contributed by atoms with Gasteiger partial charge in [-0.1, -0.05) is 6.07 Å². The normalized spacial score (nSPS) is 22.2. The third-order valence-corrected chi connectivity index (χ3v) is 4.26. The minimum absolute atomic E-state index is 0.00800. The van der Waals surface area contributed by atoms with Crippen molar-refractivity contribution < 1.29 is 9.59 Å². The average Bonchev–Trinajstić information content (AvgIpc) is 2.79. The van der Waals surface area contributed by atoms with E-state index in [4.69, 9.17) is 0 Å². The summed E-state index contributed by atoms with van der Waals surface area (Å²) in [5.74, 6) is 0.0533. The Bertz CT molecular complexity index is 534. The van der Waals surface area contributed by atoms with Crippen molar-refractivity contribution in [3.8, 4) is 0 Å². The highest BCUT2D eigenvalue weighted by atomic mass is 127. The fourth-order valence-corrected chi connectivity index (χ4v) is 3.14. The summed E-state index contributed by atoms with van der Waals surface area (Å²) in [6.45, 7) is 2.47. The molecule has 3 amide bonds. The molecule has 2 aliphatic heterocycles. The highest BCUT2D eigenvalue weighted by Gasteiger charge is 2.36. The van der Waals surface area contributed by atoms with Crippen molar-refractivity contribution in [2.75, 3.05) is 26.2 Å². The van der Waals surface area contributed by atoms with Crippen LogP contribution in [0.1, 0.15) is 10.4 Å². The molecule has 0 saturated carbocycles. The number of rotatable bonds is 1. The van der Waals surface area contributed by atoms with E-state index in [1.54, 1.807) is 0 Å². The van der Waals surface area contributed by atoms with Crippen LogP contribution in [0.3, 0.4) is 0 Å². The van der Waals surface area contributed by atoms with Crippen LogP contribution in [-0.4, -0.2) is 54.0 Å². The number of hydrogen-bond acceptors (Lipinski definition) is 2. The van der Waals surface area contributed by atoms with E-state index in [1.807, 2.05) is 34.1 Å². The molecule has 1 unspecified atom stereocenters. The molecule has 1 aromatic carbocycles. The highest BCUT2D eigenvalue weighted by molar-refractivity contribution is 14.1. The van der Waals surface area contributed by atoms with Crippen LogP contribution in [0.4, 0.5) is 4.79 Å². The van der Waals surface area contributed by atoms with E-state index in [0.717, 1.165) is 9.13 Å². The van der Waals surface area contributed by atoms with Gasteiger partial charge in [0.1, 0.15) is 0 Å². The van der Waals surface area contributed by atoms with Crippen LogP contribution < -0.4 is 5.32 Å². The summed E-state index contributed by atoms with van der Waals surface area (Å²) in [5, 5.41) is 2.82. The summed E-state index contributed by atoms with van der Waals surface area (Å²) in [4.78, 5) is 27.6. The van der Waals surface area contributed by atoms with Gasteiger partial charge in [0.2, 0.25) is 0 Å². The largest absolute Gasteiger partial charge is 0.336 e. The molecule has 19 heavy (non-hydrogen) atoms. The zero-order valence-corrected chi connectivity index (χ0v) is 12.5. The second-order valence-electron chi connectivity index (χ2n) is 4.79. The molecule has 6 heteroatoms. The number of nitrogens with zero attached hydrogens (tertiary/aromatic N) is 2. The van der Waals surface area contributed by atoms with E-state index in [1.165, 1.54) is 0 Å². The van der Waals surface area contributed by atoms with E-state index in [2.05, 4.69) is 27.9 Å². The van der Waals surface area contributed by atoms with Crippen LogP contribution in [0.5, 0.6) is 0 Å². The maximum absolute atomic E-state index is 12.4. The molecule has 0 bridgehead atoms. The van der Waals surface area contributed by atoms with Crippen LogP contribution in [0.2, 0.25) is 0 Å². The van der Waals surface area contributed by atoms with Crippen molar-refractivity contribution in [3.05, 3.63) is 33.4 Å². The Morgan fingerprint density at radius 1 is 1.37 bits per heavy atom. The third-order valence-electron chi connectivity index (χ3n) is 3.59. The third kappa shape index (κ3) is 2.41. The van der Waals surface area contributed by atoms with Crippen molar-refractivity contribution in [1.82, 2.24) is 15.1 Å². The molecule has 3 rings (SSSR count). The average molecular weight is 371 g/mol. The molecule has 0 aliphatic carbocycles. The lowest BCUT2D eigenvalue weighted by atomic mass is 10.1. The fraction of sp³-hybridized carbons (Fsp3) is 0.385. The molecule has 2 saturated heterocycles. The number of benzene rings is 1. The Kier molecular flexibility index (Phi) is 3.34. The smallest absolute Gasteiger partial charge is 0.317 e. The number of carbonyl (C=O) groups excluding carboxylic acids is 2. The maximum Gasteiger partial charge on any atom is 0.317 e. The number of fused-ring (bicyclic) bond motifs is 1. The van der Waals surface area contributed by atoms with Gasteiger partial charge in [-0.25, -0.2) is 4.79 Å². The second kappa shape index (κ2) is 4.99. The Morgan fingerprint density at radius 2 is 2.21 bits per heavy atom. The van der Waals surface area contributed by atoms with E-state index >= 15 is 0 Å². The molecule has 0 aromatic heterocycles. The summed E-state index contributed by atoms with van der Waals surface area (Å²) in [7, 11) is 0. The highest BCUT2D eigenvalue weighted by Crippen LogP contribution is 2.17. The van der Waals surface area contributed by atoms with Crippen LogP contribution in [0, 0.1) is 3.57 Å². The number of piperazine rings is 1. The van der Waals surface area contributed by atoms with E-state index in [-0.39, 0.29) is 18.0 Å². The lowest BCUT2D eigenvalue weighted by molar-refractivity contribution is 0.0617. The molecular formula is C13H14IN3O2. The maximum atomic E-state index is 12.4. The molecule has 0 radical (unpaired) electrons. The molecule has 1 atom stereocenters. The van der Waals surface area contributed by atoms with Crippen LogP contribution >= 0.6 is 22.6 Å². The van der Waals surface area contributed by atoms with Crippen molar-refractivity contribution in [1.29, 1.82) is 0 Å². The molecular weight excluding hydrogens is 357 g/mol. The Labute approximate surface area is 125 Å². The van der Waals surface area contributed by atoms with Crippen molar-refractivity contribution >= 4 is 34.5 Å². The fourth-order valence-electron chi connectivity index (χ4n) is 2.59. The Hall–Kier alpha value is -1.31. The van der Waals surface area contributed by atoms with E-state index in [9.17, 15) is 9.59 Å². The van der Waals surface area contributed by atoms with Gasteiger partial charge in [0, 0.05) is 35.3 Å². The number of urea groups is 1. The first kappa shape index (κ1) is 12.7. The summed E-state index contributed by atoms with van der Waals surface area (Å²) in [5.41, 5.74) is 0.720. The van der Waals surface area contributed by atoms with Crippen LogP contribution in [0.15, 0.2) is 24.3 Å². The summed E-state index contributed by atoms with van der Waals surface area (Å²) >= 11 is 2.20. The van der Waals surface area contributed by atoms with Gasteiger partial charge < -0.3 is 15.1 Å². The molecule has 2 fully saturated rings. The van der Waals surface area contributed by atoms with Crippen LogP contribution in [0.25, 0.3) is 0 Å². The molecule has 1 aromatic rings. The predicted molar refractivity (Wildman–Crippen MR) is 79.0 cm³/mol. The number of halogens is 1. The molecule has 2 aliphatic rings. The lowest BCUT2D eigenvalue weighted by Gasteiger charge is -2.36. The van der Waals surface area contributed by atoms with Gasteiger partial charge in [0.25, 0.3) is 5.91 Å². The van der Waals surface area contributed by atoms with Gasteiger partial charge in [0.15, 0.2) is 0 Å². The predicted octanol–water partition coefficient (Wildman–Crippen LogP) is 1.14. The number of amides is 3. The Balaban J connectivity index is 1.74. The molecule has 5 nitrogen and oxygen atoms in total. The first-order valence-electron chi connectivity index (χ1n) is 6.24. The first-order chi connectivity index (χ1) is 9.15. The van der Waals surface area contributed by atoms with Crippen molar-refractivity contribution in [2.45, 2.75) is 6.04 Å². The lowest BCUT2D eigenvalue weighted by Crippen LogP contribution is -2.53. The second-order valence-corrected chi connectivity index (χ2v) is 6.04. The first-order valence-corrected chi connectivity index (χ1v) is 7.32. The molecule has 2 heterocycles. The van der Waals surface area contributed by atoms with Gasteiger partial charge in [-0.2, -0.15) is 0 Å². The summed E-state index contributed by atoms with van der Waals surface area (Å²) < 4.78 is 1.06. The molecule has 1 N–H and O–H groups in total. The van der Waals surface area contributed by atoms with Gasteiger partial charge >= 0.3 is 6.03 Å². The SMILES string of the molecule is O=C(c1cccc(I)c1)N1CCN2C(=O)NCC2C1. The topological polar surface area (TPSA) is 52.7 Å². The summed E-state index contributed by atoms with van der Waals surface area (Å²) in [6, 6.07) is 7.71. The van der Waals surface area contributed by atoms with Crippen molar-refractivity contribution in [2.24, 2.45) is 0 Å². The zero-order chi connectivity index (χ0) is 13.4. The molecule has 0 spiro atoms. The number of nitrogens with one attached hydrogen (secondary N) is 1. The van der Waals surface area contributed by atoms with E-state index in [0.29, 0.717) is 26.2 Å². The standard InChI is InChI=1S/C13H14IN3O2/c14-10-3-1-2-9(6-10)12(18)16-4-5-17-11(8-16)7-15-13(17)19/h1-3,6,11H,4-5,7-8H2,(H,15,19). The minimum Gasteiger partial charge on any atom is -0.336 e. The van der Waals surface area contributed by atoms with E-state index < -0.39 is 0 Å². The van der Waals surface area contributed by atoms with Gasteiger partial charge in [-0.15, -0.1) is 0 Å². The molecule has 100 valence electrons. The minimum atomic E-state index is -0.00800. The monoisotopic (exact) mass is 371 g/mol. The quantitative estimate of drug-likeness (QED) is 0.753. The van der Waals surface area contributed by atoms with Crippen LogP contribution in [-0.2, 0) is 0 Å². The van der Waals surface area contributed by atoms with Crippen molar-refractivity contribution in [3.63, 3.8) is 0 Å². The van der Waals surface area contributed by atoms with Gasteiger partial charge in [-0.3, -0.25) is 4.79 Å². The number of hydrogen-bond donors (Lipinski definition) is 1. The van der Waals surface area contributed by atoms with Gasteiger partial charge in [-0.05, 0) is 40.8 Å².